The van der Waals surface area contributed by atoms with Crippen LogP contribution in [0.3, 0.4) is 0 Å². The number of esters is 2. The number of hydrogen-bond donors (Lipinski definition) is 0. The molecule has 0 bridgehead atoms. The molecular weight excluding hydrogens is 442 g/mol. The minimum atomic E-state index is -3.70. The smallest absolute Gasteiger partial charge is 0.323 e. The number of fused-ring (bicyclic) bond motifs is 1. The first-order chi connectivity index (χ1) is 15.7. The molecule has 3 aromatic rings. The average Bonchev–Trinajstić information content (AvgIpc) is 3.43. The largest absolute Gasteiger partial charge is 0.468 e. The fourth-order valence-electron chi connectivity index (χ4n) is 4.83. The third-order valence-corrected chi connectivity index (χ3v) is 8.29. The SMILES string of the molecule is COC(=O)C1(C(=O)OC)CCC(Cc2ccc3c(ccn3S(=O)(=O)c3ccc(C)cc3)c2)C1. The zero-order chi connectivity index (χ0) is 23.8. The van der Waals surface area contributed by atoms with Crippen LogP contribution in [-0.2, 0) is 35.5 Å². The zero-order valence-corrected chi connectivity index (χ0v) is 19.7. The van der Waals surface area contributed by atoms with Gasteiger partial charge in [-0.05, 0) is 74.4 Å². The zero-order valence-electron chi connectivity index (χ0n) is 18.9. The van der Waals surface area contributed by atoms with Crippen molar-refractivity contribution in [3.63, 3.8) is 0 Å². The van der Waals surface area contributed by atoms with E-state index >= 15 is 0 Å². The number of nitrogens with zero attached hydrogens (tertiary/aromatic N) is 1. The van der Waals surface area contributed by atoms with E-state index in [0.717, 1.165) is 16.5 Å². The monoisotopic (exact) mass is 469 g/mol. The van der Waals surface area contributed by atoms with Crippen LogP contribution in [0.15, 0.2) is 59.6 Å². The molecular formula is C25H27NO6S. The highest BCUT2D eigenvalue weighted by Gasteiger charge is 2.53. The highest BCUT2D eigenvalue weighted by molar-refractivity contribution is 7.90. The van der Waals surface area contributed by atoms with Crippen molar-refractivity contribution in [2.75, 3.05) is 14.2 Å². The van der Waals surface area contributed by atoms with Gasteiger partial charge in [0.1, 0.15) is 0 Å². The Morgan fingerprint density at radius 2 is 1.70 bits per heavy atom. The Balaban J connectivity index is 1.58. The third kappa shape index (κ3) is 4.04. The van der Waals surface area contributed by atoms with Gasteiger partial charge in [0.05, 0.1) is 24.6 Å². The second kappa shape index (κ2) is 8.67. The summed E-state index contributed by atoms with van der Waals surface area (Å²) >= 11 is 0. The van der Waals surface area contributed by atoms with E-state index in [-0.39, 0.29) is 10.8 Å². The number of rotatable bonds is 6. The normalized spacial score (nSPS) is 17.7. The lowest BCUT2D eigenvalue weighted by molar-refractivity contribution is -0.168. The molecule has 0 saturated heterocycles. The molecule has 7 nitrogen and oxygen atoms in total. The van der Waals surface area contributed by atoms with Crippen LogP contribution in [0.4, 0.5) is 0 Å². The van der Waals surface area contributed by atoms with E-state index < -0.39 is 27.4 Å². The summed E-state index contributed by atoms with van der Waals surface area (Å²) < 4.78 is 37.3. The molecule has 0 N–H and O–H groups in total. The summed E-state index contributed by atoms with van der Waals surface area (Å²) in [6, 6.07) is 14.2. The number of hydrogen-bond acceptors (Lipinski definition) is 6. The molecule has 0 radical (unpaired) electrons. The van der Waals surface area contributed by atoms with Crippen molar-refractivity contribution in [1.82, 2.24) is 3.97 Å². The van der Waals surface area contributed by atoms with Crippen molar-refractivity contribution in [2.45, 2.75) is 37.5 Å². The van der Waals surface area contributed by atoms with Gasteiger partial charge in [-0.1, -0.05) is 23.8 Å². The molecule has 1 heterocycles. The van der Waals surface area contributed by atoms with Gasteiger partial charge in [0.25, 0.3) is 10.0 Å². The minimum absolute atomic E-state index is 0.110. The van der Waals surface area contributed by atoms with Gasteiger partial charge < -0.3 is 9.47 Å². The molecule has 1 aliphatic carbocycles. The molecule has 8 heteroatoms. The highest BCUT2D eigenvalue weighted by atomic mass is 32.2. The van der Waals surface area contributed by atoms with Crippen molar-refractivity contribution >= 4 is 32.9 Å². The summed E-state index contributed by atoms with van der Waals surface area (Å²) in [5, 5.41) is 0.813. The Bertz CT molecular complexity index is 1290. The predicted octanol–water partition coefficient (Wildman–Crippen LogP) is 3.86. The first-order valence-electron chi connectivity index (χ1n) is 10.8. The Morgan fingerprint density at radius 3 is 2.33 bits per heavy atom. The summed E-state index contributed by atoms with van der Waals surface area (Å²) in [5.74, 6) is -0.990. The predicted molar refractivity (Wildman–Crippen MR) is 123 cm³/mol. The number of carbonyl (C=O) groups excluding carboxylic acids is 2. The quantitative estimate of drug-likeness (QED) is 0.402. The van der Waals surface area contributed by atoms with Crippen molar-refractivity contribution in [3.05, 3.63) is 65.9 Å². The molecule has 4 rings (SSSR count). The molecule has 33 heavy (non-hydrogen) atoms. The maximum Gasteiger partial charge on any atom is 0.323 e. The lowest BCUT2D eigenvalue weighted by Crippen LogP contribution is -2.39. The molecule has 1 aliphatic rings. The van der Waals surface area contributed by atoms with Gasteiger partial charge in [0.15, 0.2) is 5.41 Å². The van der Waals surface area contributed by atoms with Gasteiger partial charge in [-0.3, -0.25) is 9.59 Å². The summed E-state index contributed by atoms with van der Waals surface area (Å²) in [4.78, 5) is 25.0. The third-order valence-electron chi connectivity index (χ3n) is 6.59. The van der Waals surface area contributed by atoms with Crippen molar-refractivity contribution in [1.29, 1.82) is 0 Å². The van der Waals surface area contributed by atoms with E-state index in [1.807, 2.05) is 19.1 Å². The summed E-state index contributed by atoms with van der Waals surface area (Å²) in [7, 11) is -1.14. The number of aromatic nitrogens is 1. The van der Waals surface area contributed by atoms with Crippen LogP contribution in [0, 0.1) is 18.3 Å². The average molecular weight is 470 g/mol. The lowest BCUT2D eigenvalue weighted by Gasteiger charge is -2.23. The van der Waals surface area contributed by atoms with Crippen molar-refractivity contribution in [3.8, 4) is 0 Å². The number of carbonyl (C=O) groups is 2. The lowest BCUT2D eigenvalue weighted by atomic mass is 9.84. The Hall–Kier alpha value is -3.13. The molecule has 174 valence electrons. The van der Waals surface area contributed by atoms with Crippen LogP contribution in [0.2, 0.25) is 0 Å². The van der Waals surface area contributed by atoms with Crippen LogP contribution in [-0.4, -0.2) is 38.5 Å². The fourth-order valence-corrected chi connectivity index (χ4v) is 6.18. The van der Waals surface area contributed by atoms with E-state index in [4.69, 9.17) is 9.47 Å². The van der Waals surface area contributed by atoms with Crippen LogP contribution in [0.1, 0.15) is 30.4 Å². The molecule has 0 amide bonds. The fraction of sp³-hybridized carbons (Fsp3) is 0.360. The molecule has 0 aliphatic heterocycles. The summed E-state index contributed by atoms with van der Waals surface area (Å²) in [6.45, 7) is 1.91. The van der Waals surface area contributed by atoms with Gasteiger partial charge in [0, 0.05) is 11.6 Å². The molecule has 1 saturated carbocycles. The molecule has 1 unspecified atom stereocenters. The molecule has 0 spiro atoms. The van der Waals surface area contributed by atoms with Gasteiger partial charge in [-0.15, -0.1) is 0 Å². The Labute approximate surface area is 193 Å². The van der Waals surface area contributed by atoms with Gasteiger partial charge >= 0.3 is 11.9 Å². The number of methoxy groups -OCH3 is 2. The maximum absolute atomic E-state index is 13.1. The molecule has 1 aromatic heterocycles. The van der Waals surface area contributed by atoms with E-state index in [1.54, 1.807) is 42.6 Å². The van der Waals surface area contributed by atoms with Crippen LogP contribution < -0.4 is 0 Å². The minimum Gasteiger partial charge on any atom is -0.468 e. The van der Waals surface area contributed by atoms with Crippen LogP contribution in [0.5, 0.6) is 0 Å². The van der Waals surface area contributed by atoms with E-state index in [0.29, 0.717) is 31.2 Å². The Kier molecular flexibility index (Phi) is 6.05. The van der Waals surface area contributed by atoms with E-state index in [9.17, 15) is 18.0 Å². The highest BCUT2D eigenvalue weighted by Crippen LogP contribution is 2.45. The van der Waals surface area contributed by atoms with Gasteiger partial charge in [-0.2, -0.15) is 0 Å². The van der Waals surface area contributed by atoms with Crippen molar-refractivity contribution in [2.24, 2.45) is 11.3 Å². The first-order valence-corrected chi connectivity index (χ1v) is 12.2. The second-order valence-corrected chi connectivity index (χ2v) is 10.5. The number of ether oxygens (including phenoxy) is 2. The van der Waals surface area contributed by atoms with Crippen LogP contribution >= 0.6 is 0 Å². The Morgan fingerprint density at radius 1 is 1.03 bits per heavy atom. The summed E-state index contributed by atoms with van der Waals surface area (Å²) in [5.41, 5.74) is 1.36. The van der Waals surface area contributed by atoms with E-state index in [1.165, 1.54) is 18.2 Å². The van der Waals surface area contributed by atoms with Gasteiger partial charge in [-0.25, -0.2) is 12.4 Å². The first kappa shape index (κ1) is 23.0. The van der Waals surface area contributed by atoms with E-state index in [2.05, 4.69) is 0 Å². The van der Waals surface area contributed by atoms with Crippen LogP contribution in [0.25, 0.3) is 10.9 Å². The molecule has 2 aromatic carbocycles. The number of aryl methyl sites for hydroxylation is 1. The second-order valence-electron chi connectivity index (χ2n) is 8.70. The van der Waals surface area contributed by atoms with Gasteiger partial charge in [0.2, 0.25) is 0 Å². The summed E-state index contributed by atoms with van der Waals surface area (Å²) in [6.07, 6.45) is 3.70. The van der Waals surface area contributed by atoms with Crippen molar-refractivity contribution < 1.29 is 27.5 Å². The molecule has 1 fully saturated rings. The molecule has 1 atom stereocenters. The topological polar surface area (TPSA) is 91.7 Å². The maximum atomic E-state index is 13.1. The standard InChI is InChI=1S/C25H27NO6S/c1-17-4-7-21(8-5-17)33(29,30)26-13-11-20-15-18(6-9-22(20)26)14-19-10-12-25(16-19,23(27)31-2)24(28)32-3/h4-9,11,13,15,19H,10,12,14,16H2,1-3H3. The number of benzene rings is 2.